The minimum atomic E-state index is 0.126. The Kier molecular flexibility index (Phi) is 8.21. The lowest BCUT2D eigenvalue weighted by atomic mass is 9.97. The SMILES string of the molecule is O=C(OC1CCCCCCCC1)C1CCCCCCCC1. The van der Waals surface area contributed by atoms with Crippen LogP contribution < -0.4 is 0 Å². The van der Waals surface area contributed by atoms with Crippen LogP contribution in [0.1, 0.15) is 103 Å². The van der Waals surface area contributed by atoms with Crippen molar-refractivity contribution in [2.45, 2.75) is 109 Å². The molecule has 0 bridgehead atoms. The third kappa shape index (κ3) is 6.84. The molecule has 2 heteroatoms. The first-order valence-corrected chi connectivity index (χ1v) is 9.57. The molecule has 2 saturated carbocycles. The largest absolute Gasteiger partial charge is 0.462 e. The number of ether oxygens (including phenoxy) is 1. The number of hydrogen-bond donors (Lipinski definition) is 0. The second-order valence-corrected chi connectivity index (χ2v) is 7.15. The molecule has 21 heavy (non-hydrogen) atoms. The summed E-state index contributed by atoms with van der Waals surface area (Å²) in [5.41, 5.74) is 0. The molecule has 2 rings (SSSR count). The lowest BCUT2D eigenvalue weighted by molar-refractivity contribution is -0.155. The van der Waals surface area contributed by atoms with E-state index in [4.69, 9.17) is 4.74 Å². The van der Waals surface area contributed by atoms with Crippen LogP contribution in [0, 0.1) is 5.92 Å². The summed E-state index contributed by atoms with van der Waals surface area (Å²) in [6, 6.07) is 0. The Labute approximate surface area is 131 Å². The van der Waals surface area contributed by atoms with E-state index in [9.17, 15) is 4.79 Å². The first-order valence-electron chi connectivity index (χ1n) is 9.57. The van der Waals surface area contributed by atoms with Crippen molar-refractivity contribution in [3.05, 3.63) is 0 Å². The quantitative estimate of drug-likeness (QED) is 0.603. The maximum atomic E-state index is 12.5. The van der Waals surface area contributed by atoms with Crippen LogP contribution in [0.4, 0.5) is 0 Å². The van der Waals surface area contributed by atoms with Crippen LogP contribution in [0.3, 0.4) is 0 Å². The summed E-state index contributed by atoms with van der Waals surface area (Å²) in [6.07, 6.45) is 20.1. The summed E-state index contributed by atoms with van der Waals surface area (Å²) in [7, 11) is 0. The van der Waals surface area contributed by atoms with E-state index in [-0.39, 0.29) is 18.0 Å². The van der Waals surface area contributed by atoms with Gasteiger partial charge in [0.15, 0.2) is 0 Å². The fourth-order valence-electron chi connectivity index (χ4n) is 3.84. The zero-order valence-corrected chi connectivity index (χ0v) is 13.8. The molecule has 2 aliphatic carbocycles. The standard InChI is InChI=1S/C19H34O2/c20-19(17-13-9-5-1-2-6-10-14-17)21-18-15-11-7-3-4-8-12-16-18/h17-18H,1-16H2. The lowest BCUT2D eigenvalue weighted by Gasteiger charge is -2.21. The van der Waals surface area contributed by atoms with E-state index in [1.165, 1.54) is 77.0 Å². The molecular weight excluding hydrogens is 260 g/mol. The zero-order chi connectivity index (χ0) is 14.8. The van der Waals surface area contributed by atoms with E-state index in [1.807, 2.05) is 0 Å². The van der Waals surface area contributed by atoms with Crippen molar-refractivity contribution >= 4 is 5.97 Å². The molecule has 0 spiro atoms. The van der Waals surface area contributed by atoms with Gasteiger partial charge in [-0.3, -0.25) is 4.79 Å². The molecule has 0 aromatic heterocycles. The van der Waals surface area contributed by atoms with Crippen molar-refractivity contribution in [1.29, 1.82) is 0 Å². The minimum Gasteiger partial charge on any atom is -0.462 e. The molecule has 0 aliphatic heterocycles. The van der Waals surface area contributed by atoms with Gasteiger partial charge in [0.05, 0.1) is 5.92 Å². The van der Waals surface area contributed by atoms with E-state index < -0.39 is 0 Å². The van der Waals surface area contributed by atoms with Gasteiger partial charge in [-0.2, -0.15) is 0 Å². The van der Waals surface area contributed by atoms with Crippen LogP contribution in [0.15, 0.2) is 0 Å². The van der Waals surface area contributed by atoms with Gasteiger partial charge >= 0.3 is 5.97 Å². The van der Waals surface area contributed by atoms with Crippen molar-refractivity contribution < 1.29 is 9.53 Å². The second kappa shape index (κ2) is 10.2. The van der Waals surface area contributed by atoms with Crippen LogP contribution in [0.5, 0.6) is 0 Å². The van der Waals surface area contributed by atoms with Crippen molar-refractivity contribution in [3.8, 4) is 0 Å². The summed E-state index contributed by atoms with van der Waals surface area (Å²) >= 11 is 0. The van der Waals surface area contributed by atoms with Crippen molar-refractivity contribution in [2.24, 2.45) is 5.92 Å². The molecule has 0 saturated heterocycles. The van der Waals surface area contributed by atoms with Gasteiger partial charge in [0, 0.05) is 0 Å². The average Bonchev–Trinajstić information content (AvgIpc) is 2.70. The molecular formula is C19H34O2. The molecule has 0 radical (unpaired) electrons. The highest BCUT2D eigenvalue weighted by Gasteiger charge is 2.23. The highest BCUT2D eigenvalue weighted by molar-refractivity contribution is 5.72. The lowest BCUT2D eigenvalue weighted by Crippen LogP contribution is -2.24. The highest BCUT2D eigenvalue weighted by Crippen LogP contribution is 2.25. The molecule has 2 aliphatic rings. The molecule has 0 N–H and O–H groups in total. The molecule has 0 heterocycles. The fourth-order valence-corrected chi connectivity index (χ4v) is 3.84. The molecule has 0 amide bonds. The van der Waals surface area contributed by atoms with Crippen LogP contribution >= 0.6 is 0 Å². The molecule has 122 valence electrons. The first-order chi connectivity index (χ1) is 10.4. The molecule has 0 unspecified atom stereocenters. The van der Waals surface area contributed by atoms with Gasteiger partial charge in [0.1, 0.15) is 6.10 Å². The van der Waals surface area contributed by atoms with E-state index in [2.05, 4.69) is 0 Å². The summed E-state index contributed by atoms with van der Waals surface area (Å²) in [5, 5.41) is 0. The third-order valence-electron chi connectivity index (χ3n) is 5.27. The highest BCUT2D eigenvalue weighted by atomic mass is 16.5. The number of carbonyl (C=O) groups is 1. The Bertz CT molecular complexity index is 267. The Morgan fingerprint density at radius 2 is 0.952 bits per heavy atom. The molecule has 0 aromatic rings. The van der Waals surface area contributed by atoms with Gasteiger partial charge in [0.2, 0.25) is 0 Å². The smallest absolute Gasteiger partial charge is 0.309 e. The van der Waals surface area contributed by atoms with Crippen molar-refractivity contribution in [1.82, 2.24) is 0 Å². The normalized spacial score (nSPS) is 24.8. The number of rotatable bonds is 2. The van der Waals surface area contributed by atoms with Crippen LogP contribution in [-0.2, 0) is 9.53 Å². The summed E-state index contributed by atoms with van der Waals surface area (Å²) in [6.45, 7) is 0. The van der Waals surface area contributed by atoms with Crippen molar-refractivity contribution in [2.75, 3.05) is 0 Å². The monoisotopic (exact) mass is 294 g/mol. The van der Waals surface area contributed by atoms with E-state index >= 15 is 0 Å². The fraction of sp³-hybridized carbons (Fsp3) is 0.947. The molecule has 0 aromatic carbocycles. The molecule has 2 nitrogen and oxygen atoms in total. The van der Waals surface area contributed by atoms with Gasteiger partial charge in [-0.25, -0.2) is 0 Å². The van der Waals surface area contributed by atoms with Gasteiger partial charge in [-0.05, 0) is 38.5 Å². The number of esters is 1. The number of carbonyl (C=O) groups excluding carboxylic acids is 1. The third-order valence-corrected chi connectivity index (χ3v) is 5.27. The Balaban J connectivity index is 1.79. The topological polar surface area (TPSA) is 26.3 Å². The average molecular weight is 294 g/mol. The Hall–Kier alpha value is -0.530. The van der Waals surface area contributed by atoms with Crippen molar-refractivity contribution in [3.63, 3.8) is 0 Å². The Morgan fingerprint density at radius 1 is 0.571 bits per heavy atom. The molecule has 0 atom stereocenters. The summed E-state index contributed by atoms with van der Waals surface area (Å²) in [5.74, 6) is 0.317. The van der Waals surface area contributed by atoms with E-state index in [0.29, 0.717) is 0 Å². The van der Waals surface area contributed by atoms with Crippen LogP contribution in [-0.4, -0.2) is 12.1 Å². The number of hydrogen-bond acceptors (Lipinski definition) is 2. The predicted octanol–water partition coefficient (Wildman–Crippen LogP) is 5.78. The maximum absolute atomic E-state index is 12.5. The van der Waals surface area contributed by atoms with Gasteiger partial charge in [0.25, 0.3) is 0 Å². The zero-order valence-electron chi connectivity index (χ0n) is 13.8. The minimum absolute atomic E-state index is 0.126. The Morgan fingerprint density at radius 3 is 1.43 bits per heavy atom. The van der Waals surface area contributed by atoms with E-state index in [1.54, 1.807) is 0 Å². The first kappa shape index (κ1) is 16.8. The van der Waals surface area contributed by atoms with Crippen LogP contribution in [0.25, 0.3) is 0 Å². The van der Waals surface area contributed by atoms with Gasteiger partial charge in [-0.15, -0.1) is 0 Å². The van der Waals surface area contributed by atoms with Gasteiger partial charge in [-0.1, -0.05) is 64.2 Å². The summed E-state index contributed by atoms with van der Waals surface area (Å²) < 4.78 is 5.92. The predicted molar refractivity (Wildman–Crippen MR) is 87.2 cm³/mol. The van der Waals surface area contributed by atoms with E-state index in [0.717, 1.165) is 25.7 Å². The van der Waals surface area contributed by atoms with Crippen LogP contribution in [0.2, 0.25) is 0 Å². The summed E-state index contributed by atoms with van der Waals surface area (Å²) in [4.78, 5) is 12.5. The molecule has 2 fully saturated rings. The maximum Gasteiger partial charge on any atom is 0.309 e. The van der Waals surface area contributed by atoms with Gasteiger partial charge < -0.3 is 4.74 Å². The second-order valence-electron chi connectivity index (χ2n) is 7.15.